The molecular weight excluding hydrogens is 214 g/mol. The number of hydrogen-bond donors (Lipinski definition) is 1. The molecule has 0 aliphatic rings. The summed E-state index contributed by atoms with van der Waals surface area (Å²) in [6, 6.07) is 0.0587. The Bertz CT molecular complexity index is 235. The summed E-state index contributed by atoms with van der Waals surface area (Å²) in [6.45, 7) is 7.54. The van der Waals surface area contributed by atoms with Gasteiger partial charge in [0.05, 0.1) is 6.54 Å². The van der Waals surface area contributed by atoms with Crippen LogP contribution in [0.2, 0.25) is 0 Å². The maximum Gasteiger partial charge on any atom is 0.320 e. The third kappa shape index (κ3) is 9.87. The van der Waals surface area contributed by atoms with Gasteiger partial charge in [-0.3, -0.25) is 9.00 Å². The van der Waals surface area contributed by atoms with Gasteiger partial charge < -0.3 is 10.1 Å². The fraction of sp³-hybridized carbons (Fsp3) is 0.900. The molecule has 0 saturated heterocycles. The summed E-state index contributed by atoms with van der Waals surface area (Å²) in [5.41, 5.74) is -0.449. The largest absolute Gasteiger partial charge is 0.459 e. The normalized spacial score (nSPS) is 15.8. The van der Waals surface area contributed by atoms with Crippen LogP contribution in [0.4, 0.5) is 0 Å². The number of nitrogens with one attached hydrogen (secondary N) is 1. The van der Waals surface area contributed by atoms with Crippen LogP contribution in [0.15, 0.2) is 0 Å². The minimum absolute atomic E-state index is 0.0587. The van der Waals surface area contributed by atoms with Crippen LogP contribution in [-0.2, 0) is 20.3 Å². The summed E-state index contributed by atoms with van der Waals surface area (Å²) in [7, 11) is -0.844. The van der Waals surface area contributed by atoms with Crippen molar-refractivity contribution in [3.05, 3.63) is 0 Å². The molecular formula is C10H21NO3S. The summed E-state index contributed by atoms with van der Waals surface area (Å²) in [5.74, 6) is 0.263. The molecule has 5 heteroatoms. The van der Waals surface area contributed by atoms with Crippen molar-refractivity contribution < 1.29 is 13.7 Å². The fourth-order valence-corrected chi connectivity index (χ4v) is 1.87. The first-order chi connectivity index (χ1) is 6.70. The molecule has 0 aromatic rings. The van der Waals surface area contributed by atoms with E-state index in [1.54, 1.807) is 6.26 Å². The molecule has 90 valence electrons. The zero-order chi connectivity index (χ0) is 12.1. The van der Waals surface area contributed by atoms with Crippen LogP contribution in [0.25, 0.3) is 0 Å². The molecule has 2 atom stereocenters. The van der Waals surface area contributed by atoms with Crippen molar-refractivity contribution >= 4 is 16.8 Å². The minimum atomic E-state index is -0.844. The van der Waals surface area contributed by atoms with Crippen LogP contribution < -0.4 is 5.32 Å². The molecule has 0 bridgehead atoms. The van der Waals surface area contributed by atoms with Gasteiger partial charge in [0.25, 0.3) is 0 Å². The van der Waals surface area contributed by atoms with Crippen molar-refractivity contribution in [1.82, 2.24) is 5.32 Å². The molecule has 0 radical (unpaired) electrons. The van der Waals surface area contributed by atoms with Crippen LogP contribution in [0.3, 0.4) is 0 Å². The highest BCUT2D eigenvalue weighted by Crippen LogP contribution is 2.06. The molecule has 4 nitrogen and oxygen atoms in total. The summed E-state index contributed by atoms with van der Waals surface area (Å²) in [5, 5.41) is 2.97. The number of rotatable bonds is 5. The lowest BCUT2D eigenvalue weighted by Crippen LogP contribution is -2.38. The lowest BCUT2D eigenvalue weighted by atomic mass is 10.2. The molecule has 0 saturated carbocycles. The van der Waals surface area contributed by atoms with E-state index in [9.17, 15) is 9.00 Å². The first-order valence-corrected chi connectivity index (χ1v) is 6.68. The van der Waals surface area contributed by atoms with Crippen molar-refractivity contribution in [2.24, 2.45) is 0 Å². The minimum Gasteiger partial charge on any atom is -0.459 e. The summed E-state index contributed by atoms with van der Waals surface area (Å²) < 4.78 is 16.0. The monoisotopic (exact) mass is 235 g/mol. The van der Waals surface area contributed by atoms with Crippen molar-refractivity contribution in [3.63, 3.8) is 0 Å². The smallest absolute Gasteiger partial charge is 0.320 e. The van der Waals surface area contributed by atoms with E-state index in [1.807, 2.05) is 27.7 Å². The molecule has 1 N–H and O–H groups in total. The van der Waals surface area contributed by atoms with Crippen LogP contribution in [0, 0.1) is 0 Å². The number of hydrogen-bond acceptors (Lipinski definition) is 4. The Morgan fingerprint density at radius 2 is 2.00 bits per heavy atom. The van der Waals surface area contributed by atoms with Gasteiger partial charge in [0.15, 0.2) is 0 Å². The van der Waals surface area contributed by atoms with Gasteiger partial charge in [-0.25, -0.2) is 0 Å². The van der Waals surface area contributed by atoms with Crippen LogP contribution in [0.5, 0.6) is 0 Å². The molecule has 15 heavy (non-hydrogen) atoms. The first kappa shape index (κ1) is 14.6. The zero-order valence-corrected chi connectivity index (χ0v) is 10.9. The van der Waals surface area contributed by atoms with E-state index in [2.05, 4.69) is 5.32 Å². The van der Waals surface area contributed by atoms with Crippen LogP contribution in [0.1, 0.15) is 27.7 Å². The van der Waals surface area contributed by atoms with Gasteiger partial charge in [-0.15, -0.1) is 0 Å². The van der Waals surface area contributed by atoms with Gasteiger partial charge in [-0.05, 0) is 27.7 Å². The average molecular weight is 235 g/mol. The van der Waals surface area contributed by atoms with Crippen LogP contribution >= 0.6 is 0 Å². The Morgan fingerprint density at radius 1 is 1.47 bits per heavy atom. The van der Waals surface area contributed by atoms with E-state index in [1.165, 1.54) is 0 Å². The van der Waals surface area contributed by atoms with Crippen molar-refractivity contribution in [2.45, 2.75) is 39.3 Å². The Kier molecular flexibility index (Phi) is 6.05. The van der Waals surface area contributed by atoms with Gasteiger partial charge in [0, 0.05) is 28.9 Å². The quantitative estimate of drug-likeness (QED) is 0.712. The second-order valence-electron chi connectivity index (χ2n) is 4.61. The number of ether oxygens (including phenoxy) is 1. The topological polar surface area (TPSA) is 55.4 Å². The van der Waals surface area contributed by atoms with E-state index >= 15 is 0 Å². The Hall–Kier alpha value is -0.420. The average Bonchev–Trinajstić information content (AvgIpc) is 1.96. The SMILES string of the molecule is CC(CS(C)=O)NCC(=O)OC(C)(C)C. The summed E-state index contributed by atoms with van der Waals surface area (Å²) in [4.78, 5) is 11.3. The second kappa shape index (κ2) is 6.23. The second-order valence-corrected chi connectivity index (χ2v) is 6.09. The summed E-state index contributed by atoms with van der Waals surface area (Å²) in [6.07, 6.45) is 1.64. The van der Waals surface area contributed by atoms with E-state index in [-0.39, 0.29) is 18.6 Å². The molecule has 0 heterocycles. The molecule has 0 spiro atoms. The lowest BCUT2D eigenvalue weighted by Gasteiger charge is -2.20. The molecule has 2 unspecified atom stereocenters. The van der Waals surface area contributed by atoms with Crippen molar-refractivity contribution in [3.8, 4) is 0 Å². The molecule has 0 aromatic carbocycles. The molecule has 0 rings (SSSR count). The van der Waals surface area contributed by atoms with Gasteiger partial charge in [-0.2, -0.15) is 0 Å². The molecule has 0 amide bonds. The van der Waals surface area contributed by atoms with Crippen LogP contribution in [-0.4, -0.2) is 40.4 Å². The maximum atomic E-state index is 11.3. The highest BCUT2D eigenvalue weighted by molar-refractivity contribution is 7.84. The van der Waals surface area contributed by atoms with Gasteiger partial charge >= 0.3 is 5.97 Å². The standard InChI is InChI=1S/C10H21NO3S/c1-8(7-15(5)13)11-6-9(12)14-10(2,3)4/h8,11H,6-7H2,1-5H3. The zero-order valence-electron chi connectivity index (χ0n) is 10.1. The van der Waals surface area contributed by atoms with E-state index < -0.39 is 16.4 Å². The molecule has 0 fully saturated rings. The number of carbonyl (C=O) groups excluding carboxylic acids is 1. The molecule has 0 aliphatic carbocycles. The predicted octanol–water partition coefficient (Wildman–Crippen LogP) is 0.685. The van der Waals surface area contributed by atoms with Gasteiger partial charge in [-0.1, -0.05) is 0 Å². The maximum absolute atomic E-state index is 11.3. The highest BCUT2D eigenvalue weighted by atomic mass is 32.2. The van der Waals surface area contributed by atoms with Gasteiger partial charge in [0.1, 0.15) is 5.60 Å². The third-order valence-corrected chi connectivity index (χ3v) is 2.47. The van der Waals surface area contributed by atoms with Gasteiger partial charge in [0.2, 0.25) is 0 Å². The molecule has 0 aliphatic heterocycles. The van der Waals surface area contributed by atoms with E-state index in [0.29, 0.717) is 5.75 Å². The van der Waals surface area contributed by atoms with E-state index in [0.717, 1.165) is 0 Å². The predicted molar refractivity (Wildman–Crippen MR) is 62.2 cm³/mol. The van der Waals surface area contributed by atoms with E-state index in [4.69, 9.17) is 4.74 Å². The lowest BCUT2D eigenvalue weighted by molar-refractivity contribution is -0.153. The number of esters is 1. The molecule has 0 aromatic heterocycles. The Morgan fingerprint density at radius 3 is 2.40 bits per heavy atom. The van der Waals surface area contributed by atoms with Crippen molar-refractivity contribution in [2.75, 3.05) is 18.6 Å². The Balaban J connectivity index is 3.76. The summed E-state index contributed by atoms with van der Waals surface area (Å²) >= 11 is 0. The third-order valence-electron chi connectivity index (χ3n) is 1.50. The Labute approximate surface area is 94.2 Å². The first-order valence-electron chi connectivity index (χ1n) is 4.96. The van der Waals surface area contributed by atoms with Crippen molar-refractivity contribution in [1.29, 1.82) is 0 Å². The fourth-order valence-electron chi connectivity index (χ4n) is 1.05. The highest BCUT2D eigenvalue weighted by Gasteiger charge is 2.16. The number of carbonyl (C=O) groups is 1.